The minimum Gasteiger partial charge on any atom is -0.364 e. The van der Waals surface area contributed by atoms with Crippen LogP contribution >= 0.6 is 11.8 Å². The molecule has 1 aromatic heterocycles. The van der Waals surface area contributed by atoms with Crippen molar-refractivity contribution in [2.24, 2.45) is 0 Å². The van der Waals surface area contributed by atoms with Gasteiger partial charge in [0.2, 0.25) is 10.0 Å². The zero-order valence-corrected chi connectivity index (χ0v) is 22.0. The summed E-state index contributed by atoms with van der Waals surface area (Å²) < 4.78 is 31.1. The Balaban J connectivity index is 1.86. The summed E-state index contributed by atoms with van der Waals surface area (Å²) in [5, 5.41) is 19.1. The SMILES string of the molecule is C=C/C=C(\SC)S(=O)(=O)N1Cc2cc(C#N)ccc2N(Cc2cncn2C#N)C[C@H]1Cc1ccccc1. The molecule has 1 aliphatic heterocycles. The van der Waals surface area contributed by atoms with E-state index in [1.54, 1.807) is 24.6 Å². The van der Waals surface area contributed by atoms with Gasteiger partial charge in [-0.15, -0.1) is 11.8 Å². The summed E-state index contributed by atoms with van der Waals surface area (Å²) in [5.74, 6) is 0. The Morgan fingerprint density at radius 2 is 2.03 bits per heavy atom. The molecule has 188 valence electrons. The summed E-state index contributed by atoms with van der Waals surface area (Å²) in [5.41, 5.74) is 3.69. The first-order valence-electron chi connectivity index (χ1n) is 11.5. The van der Waals surface area contributed by atoms with Gasteiger partial charge in [-0.3, -0.25) is 0 Å². The number of hydrogen-bond donors (Lipinski definition) is 0. The second-order valence-corrected chi connectivity index (χ2v) is 11.5. The number of hydrogen-bond acceptors (Lipinski definition) is 7. The molecule has 0 saturated carbocycles. The fourth-order valence-corrected chi connectivity index (χ4v) is 7.21. The average Bonchev–Trinajstić information content (AvgIpc) is 3.30. The van der Waals surface area contributed by atoms with Crippen LogP contribution in [0, 0.1) is 22.8 Å². The number of aromatic nitrogens is 2. The molecule has 37 heavy (non-hydrogen) atoms. The molecule has 0 aliphatic carbocycles. The second-order valence-electron chi connectivity index (χ2n) is 8.51. The van der Waals surface area contributed by atoms with Gasteiger partial charge in [0.1, 0.15) is 10.6 Å². The standard InChI is InChI=1S/C27H26N6O2S2/c1-3-7-27(36-2)37(34,35)33-16-23-12-22(14-28)10-11-26(23)31(18-25-15-30-20-32(25)19-29)17-24(33)13-21-8-5-4-6-9-21/h3-12,15,20,24H,1,13,16-18H2,2H3/b27-7+/t24-/m1/s1. The molecule has 0 fully saturated rings. The Morgan fingerprint density at radius 3 is 2.70 bits per heavy atom. The van der Waals surface area contributed by atoms with E-state index in [0.29, 0.717) is 30.8 Å². The highest BCUT2D eigenvalue weighted by atomic mass is 32.3. The summed E-state index contributed by atoms with van der Waals surface area (Å²) in [4.78, 5) is 6.18. The van der Waals surface area contributed by atoms with Crippen LogP contribution in [0.2, 0.25) is 0 Å². The van der Waals surface area contributed by atoms with Crippen LogP contribution in [0.15, 0.2) is 84.0 Å². The zero-order valence-electron chi connectivity index (χ0n) is 20.4. The molecule has 2 aromatic carbocycles. The minimum absolute atomic E-state index is 0.105. The van der Waals surface area contributed by atoms with Crippen molar-refractivity contribution in [1.29, 1.82) is 10.5 Å². The smallest absolute Gasteiger partial charge is 0.249 e. The van der Waals surface area contributed by atoms with E-state index in [4.69, 9.17) is 0 Å². The summed E-state index contributed by atoms with van der Waals surface area (Å²) in [7, 11) is -3.88. The van der Waals surface area contributed by atoms with E-state index in [1.165, 1.54) is 27.4 Å². The molecule has 0 saturated heterocycles. The number of anilines is 1. The Kier molecular flexibility index (Phi) is 8.14. The summed E-state index contributed by atoms with van der Waals surface area (Å²) in [6.45, 7) is 4.52. The maximum atomic E-state index is 14.0. The van der Waals surface area contributed by atoms with E-state index in [2.05, 4.69) is 28.7 Å². The summed E-state index contributed by atoms with van der Waals surface area (Å²) in [6, 6.07) is 16.8. The van der Waals surface area contributed by atoms with E-state index in [-0.39, 0.29) is 10.8 Å². The molecular formula is C27H26N6O2S2. The predicted octanol–water partition coefficient (Wildman–Crippen LogP) is 4.24. The van der Waals surface area contributed by atoms with Gasteiger partial charge < -0.3 is 4.90 Å². The van der Waals surface area contributed by atoms with E-state index >= 15 is 0 Å². The maximum absolute atomic E-state index is 14.0. The molecule has 0 spiro atoms. The van der Waals surface area contributed by atoms with Crippen molar-refractivity contribution in [2.45, 2.75) is 25.6 Å². The summed E-state index contributed by atoms with van der Waals surface area (Å²) >= 11 is 1.16. The second kappa shape index (κ2) is 11.5. The lowest BCUT2D eigenvalue weighted by molar-refractivity contribution is 0.321. The Hall–Kier alpha value is -3.83. The van der Waals surface area contributed by atoms with Gasteiger partial charge in [0.05, 0.1) is 30.1 Å². The fraction of sp³-hybridized carbons (Fsp3) is 0.222. The quantitative estimate of drug-likeness (QED) is 0.401. The fourth-order valence-electron chi connectivity index (χ4n) is 4.51. The molecular weight excluding hydrogens is 504 g/mol. The largest absolute Gasteiger partial charge is 0.364 e. The Bertz CT molecular complexity index is 1500. The number of rotatable bonds is 8. The van der Waals surface area contributed by atoms with Gasteiger partial charge in [0.25, 0.3) is 0 Å². The van der Waals surface area contributed by atoms with E-state index in [9.17, 15) is 18.9 Å². The monoisotopic (exact) mass is 530 g/mol. The van der Waals surface area contributed by atoms with Crippen LogP contribution in [0.5, 0.6) is 0 Å². The van der Waals surface area contributed by atoms with Crippen molar-refractivity contribution in [3.05, 3.63) is 106 Å². The molecule has 0 radical (unpaired) electrons. The maximum Gasteiger partial charge on any atom is 0.249 e. The van der Waals surface area contributed by atoms with E-state index in [0.717, 1.165) is 28.6 Å². The molecule has 0 bridgehead atoms. The van der Waals surface area contributed by atoms with Crippen LogP contribution in [0.4, 0.5) is 5.69 Å². The first-order chi connectivity index (χ1) is 17.9. The lowest BCUT2D eigenvalue weighted by atomic mass is 10.1. The molecule has 0 amide bonds. The number of sulfonamides is 1. The molecule has 8 nitrogen and oxygen atoms in total. The third kappa shape index (κ3) is 5.62. The van der Waals surface area contributed by atoms with Crippen LogP contribution in [0.25, 0.3) is 0 Å². The van der Waals surface area contributed by atoms with Gasteiger partial charge in [-0.05, 0) is 48.1 Å². The highest BCUT2D eigenvalue weighted by Gasteiger charge is 2.37. The summed E-state index contributed by atoms with van der Waals surface area (Å²) in [6.07, 6.45) is 10.4. The van der Waals surface area contributed by atoms with Gasteiger partial charge in [-0.2, -0.15) is 14.8 Å². The lowest BCUT2D eigenvalue weighted by Crippen LogP contribution is -2.45. The number of benzene rings is 2. The topological polar surface area (TPSA) is 106 Å². The zero-order chi connectivity index (χ0) is 26.4. The molecule has 1 aliphatic rings. The highest BCUT2D eigenvalue weighted by Crippen LogP contribution is 2.35. The molecule has 4 rings (SSSR count). The Morgan fingerprint density at radius 1 is 1.24 bits per heavy atom. The van der Waals surface area contributed by atoms with Crippen LogP contribution in [-0.2, 0) is 29.5 Å². The van der Waals surface area contributed by atoms with Crippen LogP contribution < -0.4 is 4.90 Å². The van der Waals surface area contributed by atoms with Gasteiger partial charge >= 0.3 is 0 Å². The number of imidazole rings is 1. The Labute approximate surface area is 221 Å². The highest BCUT2D eigenvalue weighted by molar-refractivity contribution is 8.17. The van der Waals surface area contributed by atoms with Crippen LogP contribution in [0.3, 0.4) is 0 Å². The third-order valence-corrected chi connectivity index (χ3v) is 9.58. The molecule has 3 aromatic rings. The van der Waals surface area contributed by atoms with Crippen molar-refractivity contribution in [3.8, 4) is 12.3 Å². The van der Waals surface area contributed by atoms with Crippen LogP contribution in [0.1, 0.15) is 22.4 Å². The van der Waals surface area contributed by atoms with Crippen molar-refractivity contribution in [3.63, 3.8) is 0 Å². The number of thioether (sulfide) groups is 1. The van der Waals surface area contributed by atoms with E-state index in [1.807, 2.05) is 36.4 Å². The molecule has 10 heteroatoms. The van der Waals surface area contributed by atoms with E-state index < -0.39 is 16.1 Å². The van der Waals surface area contributed by atoms with Gasteiger partial charge in [0, 0.05) is 24.8 Å². The van der Waals surface area contributed by atoms with Crippen molar-refractivity contribution >= 4 is 27.5 Å². The normalized spacial score (nSPS) is 16.4. The number of fused-ring (bicyclic) bond motifs is 1. The molecule has 2 heterocycles. The number of allylic oxidation sites excluding steroid dienone is 2. The van der Waals surface area contributed by atoms with Crippen LogP contribution in [-0.4, -0.2) is 41.1 Å². The van der Waals surface area contributed by atoms with Crippen molar-refractivity contribution < 1.29 is 8.42 Å². The first-order valence-corrected chi connectivity index (χ1v) is 14.2. The van der Waals surface area contributed by atoms with Gasteiger partial charge in [-0.1, -0.05) is 43.0 Å². The number of nitrogens with zero attached hydrogens (tertiary/aromatic N) is 6. The van der Waals surface area contributed by atoms with Crippen molar-refractivity contribution in [1.82, 2.24) is 13.9 Å². The predicted molar refractivity (Wildman–Crippen MR) is 146 cm³/mol. The first kappa shape index (κ1) is 26.2. The molecule has 0 unspecified atom stereocenters. The third-order valence-electron chi connectivity index (χ3n) is 6.22. The van der Waals surface area contributed by atoms with Gasteiger partial charge in [-0.25, -0.2) is 18.0 Å². The number of nitriles is 2. The van der Waals surface area contributed by atoms with Gasteiger partial charge in [0.15, 0.2) is 6.19 Å². The molecule has 0 N–H and O–H groups in total. The average molecular weight is 531 g/mol. The minimum atomic E-state index is -3.88. The van der Waals surface area contributed by atoms with Crippen molar-refractivity contribution in [2.75, 3.05) is 17.7 Å². The lowest BCUT2D eigenvalue weighted by Gasteiger charge is -2.32. The molecule has 1 atom stereocenters.